The van der Waals surface area contributed by atoms with Crippen LogP contribution in [-0.4, -0.2) is 63.8 Å². The summed E-state index contributed by atoms with van der Waals surface area (Å²) >= 11 is 0. The summed E-state index contributed by atoms with van der Waals surface area (Å²) in [6, 6.07) is 6.37. The number of aromatic nitrogens is 3. The Bertz CT molecular complexity index is 1290. The van der Waals surface area contributed by atoms with Gasteiger partial charge >= 0.3 is 12.2 Å². The van der Waals surface area contributed by atoms with Gasteiger partial charge in [-0.05, 0) is 36.7 Å². The minimum absolute atomic E-state index is 0.0305. The number of carbonyl (C=O) groups is 1. The molecule has 2 amide bonds. The third-order valence-corrected chi connectivity index (χ3v) is 5.82. The van der Waals surface area contributed by atoms with Gasteiger partial charge in [0.05, 0.1) is 5.56 Å². The third-order valence-electron chi connectivity index (χ3n) is 5.82. The number of nitrogen functional groups attached to an aromatic ring is 1. The Balaban J connectivity index is 1.43. The van der Waals surface area contributed by atoms with Crippen molar-refractivity contribution in [1.29, 1.82) is 0 Å². The highest BCUT2D eigenvalue weighted by atomic mass is 19.4. The Hall–Kier alpha value is -3.95. The van der Waals surface area contributed by atoms with Crippen LogP contribution in [-0.2, 0) is 19.8 Å². The molecule has 5 N–H and O–H groups in total. The number of nitrogens with zero attached hydrogens (tertiary/aromatic N) is 4. The molecule has 190 valence electrons. The highest BCUT2D eigenvalue weighted by Crippen LogP contribution is 2.34. The first-order valence-corrected chi connectivity index (χ1v) is 11.3. The van der Waals surface area contributed by atoms with Gasteiger partial charge in [0.25, 0.3) is 0 Å². The van der Waals surface area contributed by atoms with Crippen molar-refractivity contribution in [2.75, 3.05) is 49.6 Å². The van der Waals surface area contributed by atoms with E-state index in [4.69, 9.17) is 5.73 Å². The first kappa shape index (κ1) is 25.2. The minimum Gasteiger partial charge on any atom is -0.385 e. The Morgan fingerprint density at radius 3 is 2.53 bits per heavy atom. The number of amides is 2. The van der Waals surface area contributed by atoms with Crippen LogP contribution in [0, 0.1) is 11.8 Å². The smallest absolute Gasteiger partial charge is 0.385 e. The molecule has 1 aliphatic rings. The summed E-state index contributed by atoms with van der Waals surface area (Å²) in [6.45, 7) is 3.21. The van der Waals surface area contributed by atoms with Gasteiger partial charge < -0.3 is 20.9 Å². The van der Waals surface area contributed by atoms with E-state index >= 15 is 0 Å². The van der Waals surface area contributed by atoms with E-state index in [9.17, 15) is 18.0 Å². The molecule has 0 spiro atoms. The van der Waals surface area contributed by atoms with Crippen molar-refractivity contribution in [3.63, 3.8) is 0 Å². The summed E-state index contributed by atoms with van der Waals surface area (Å²) in [5, 5.41) is 9.15. The quantitative estimate of drug-likeness (QED) is 0.412. The van der Waals surface area contributed by atoms with Crippen LogP contribution in [0.5, 0.6) is 0 Å². The van der Waals surface area contributed by atoms with Gasteiger partial charge in [-0.3, -0.25) is 14.9 Å². The first-order valence-electron chi connectivity index (χ1n) is 11.3. The molecule has 1 fully saturated rings. The lowest BCUT2D eigenvalue weighted by Gasteiger charge is -2.33. The van der Waals surface area contributed by atoms with Gasteiger partial charge in [0.1, 0.15) is 11.5 Å². The van der Waals surface area contributed by atoms with E-state index < -0.39 is 17.8 Å². The number of aromatic amines is 1. The molecule has 0 radical (unpaired) electrons. The highest BCUT2D eigenvalue weighted by Gasteiger charge is 2.34. The number of hydrogen-bond acceptors (Lipinski definition) is 5. The van der Waals surface area contributed by atoms with Crippen LogP contribution in [0.3, 0.4) is 0 Å². The second-order valence-corrected chi connectivity index (χ2v) is 8.66. The molecular weight excluding hydrogens is 473 g/mol. The van der Waals surface area contributed by atoms with Crippen molar-refractivity contribution < 1.29 is 18.0 Å². The average Bonchev–Trinajstić information content (AvgIpc) is 3.38. The Kier molecular flexibility index (Phi) is 7.23. The maximum atomic E-state index is 13.8. The van der Waals surface area contributed by atoms with Gasteiger partial charge in [0.15, 0.2) is 5.82 Å². The van der Waals surface area contributed by atoms with Crippen LogP contribution < -0.4 is 16.4 Å². The molecule has 9 nitrogen and oxygen atoms in total. The fraction of sp³-hybridized carbons (Fsp3) is 0.333. The SMILES string of the molecule is CN1CCN(Cc2ccc(NC(=O)Nc3cc(C#Cc4c[nH]c(N)c4)n(C)n3)cc2C(F)(F)F)CC1. The predicted molar refractivity (Wildman–Crippen MR) is 131 cm³/mol. The van der Waals surface area contributed by atoms with Crippen LogP contribution in [0.1, 0.15) is 22.4 Å². The number of rotatable bonds is 4. The number of benzene rings is 1. The van der Waals surface area contributed by atoms with Crippen molar-refractivity contribution >= 4 is 23.4 Å². The number of halogens is 3. The maximum absolute atomic E-state index is 13.8. The van der Waals surface area contributed by atoms with Crippen molar-refractivity contribution in [2.45, 2.75) is 12.7 Å². The van der Waals surface area contributed by atoms with Gasteiger partial charge in [-0.1, -0.05) is 12.0 Å². The number of H-pyrrole nitrogens is 1. The largest absolute Gasteiger partial charge is 0.416 e. The summed E-state index contributed by atoms with van der Waals surface area (Å²) < 4.78 is 42.8. The number of nitrogens with two attached hydrogens (primary N) is 1. The number of urea groups is 1. The molecule has 0 unspecified atom stereocenters. The molecule has 0 bridgehead atoms. The molecule has 1 aliphatic heterocycles. The summed E-state index contributed by atoms with van der Waals surface area (Å²) in [5.74, 6) is 6.54. The van der Waals surface area contributed by atoms with E-state index in [2.05, 4.69) is 37.5 Å². The molecule has 12 heteroatoms. The van der Waals surface area contributed by atoms with Crippen molar-refractivity contribution in [2.24, 2.45) is 7.05 Å². The predicted octanol–water partition coefficient (Wildman–Crippen LogP) is 3.14. The zero-order valence-corrected chi connectivity index (χ0v) is 19.9. The zero-order valence-electron chi connectivity index (χ0n) is 19.9. The van der Waals surface area contributed by atoms with Crippen LogP contribution >= 0.6 is 0 Å². The van der Waals surface area contributed by atoms with Gasteiger partial charge in [-0.2, -0.15) is 18.3 Å². The van der Waals surface area contributed by atoms with Gasteiger partial charge in [0, 0.05) is 63.3 Å². The fourth-order valence-electron chi connectivity index (χ4n) is 3.85. The fourth-order valence-corrected chi connectivity index (χ4v) is 3.85. The zero-order chi connectivity index (χ0) is 25.9. The number of nitrogens with one attached hydrogen (secondary N) is 3. The molecule has 0 atom stereocenters. The van der Waals surface area contributed by atoms with E-state index in [-0.39, 0.29) is 23.6 Å². The van der Waals surface area contributed by atoms with Crippen molar-refractivity contribution in [3.05, 3.63) is 58.9 Å². The molecule has 3 aromatic rings. The van der Waals surface area contributed by atoms with Crippen LogP contribution in [0.25, 0.3) is 0 Å². The molecule has 2 aromatic heterocycles. The molecule has 4 rings (SSSR count). The molecule has 1 saturated heterocycles. The summed E-state index contributed by atoms with van der Waals surface area (Å²) in [5.41, 5.74) is 6.29. The normalized spacial score (nSPS) is 14.8. The van der Waals surface area contributed by atoms with Crippen LogP contribution in [0.2, 0.25) is 0 Å². The van der Waals surface area contributed by atoms with Crippen molar-refractivity contribution in [3.8, 4) is 11.8 Å². The molecule has 0 saturated carbocycles. The second-order valence-electron chi connectivity index (χ2n) is 8.66. The summed E-state index contributed by atoms with van der Waals surface area (Å²) in [6.07, 6.45) is -2.88. The Morgan fingerprint density at radius 1 is 1.11 bits per heavy atom. The topological polar surface area (TPSA) is 107 Å². The Labute approximate surface area is 206 Å². The van der Waals surface area contributed by atoms with E-state index in [1.165, 1.54) is 16.8 Å². The number of likely N-dealkylation sites (N-methyl/N-ethyl adjacent to an activating group) is 1. The van der Waals surface area contributed by atoms with Gasteiger partial charge in [-0.25, -0.2) is 4.79 Å². The standard InChI is InChI=1S/C24H27F3N8O/c1-33-7-9-35(10-8-33)15-17-4-5-18(12-20(17)24(25,26)27)30-23(36)31-22-13-19(34(2)32-22)6-3-16-11-21(28)29-14-16/h4-5,11-14,29H,7-10,15,28H2,1-2H3,(H2,30,31,32,36). The molecular formula is C24H27F3N8O. The number of alkyl halides is 3. The highest BCUT2D eigenvalue weighted by molar-refractivity contribution is 5.99. The number of carbonyl (C=O) groups excluding carboxylic acids is 1. The molecule has 36 heavy (non-hydrogen) atoms. The summed E-state index contributed by atoms with van der Waals surface area (Å²) in [7, 11) is 3.65. The van der Waals surface area contributed by atoms with Crippen LogP contribution in [0.4, 0.5) is 35.3 Å². The van der Waals surface area contributed by atoms with E-state index in [0.717, 1.165) is 19.2 Å². The summed E-state index contributed by atoms with van der Waals surface area (Å²) in [4.78, 5) is 19.4. The monoisotopic (exact) mass is 500 g/mol. The lowest BCUT2D eigenvalue weighted by molar-refractivity contribution is -0.138. The molecule has 3 heterocycles. The number of hydrogen-bond donors (Lipinski definition) is 4. The van der Waals surface area contributed by atoms with Gasteiger partial charge in [0.2, 0.25) is 0 Å². The minimum atomic E-state index is -4.55. The lowest BCUT2D eigenvalue weighted by Crippen LogP contribution is -2.44. The van der Waals surface area contributed by atoms with E-state index in [1.807, 2.05) is 11.9 Å². The number of piperazine rings is 1. The number of aryl methyl sites for hydroxylation is 1. The van der Waals surface area contributed by atoms with E-state index in [0.29, 0.717) is 30.2 Å². The Morgan fingerprint density at radius 2 is 1.86 bits per heavy atom. The maximum Gasteiger partial charge on any atom is 0.416 e. The average molecular weight is 501 g/mol. The van der Waals surface area contributed by atoms with Crippen LogP contribution in [0.15, 0.2) is 36.5 Å². The van der Waals surface area contributed by atoms with Gasteiger partial charge in [-0.15, -0.1) is 0 Å². The van der Waals surface area contributed by atoms with Crippen molar-refractivity contribution in [1.82, 2.24) is 24.6 Å². The first-order chi connectivity index (χ1) is 17.1. The third kappa shape index (κ3) is 6.38. The molecule has 0 aliphatic carbocycles. The lowest BCUT2D eigenvalue weighted by atomic mass is 10.0. The van der Waals surface area contributed by atoms with E-state index in [1.54, 1.807) is 25.4 Å². The number of anilines is 3. The molecule has 1 aromatic carbocycles. The second kappa shape index (κ2) is 10.3.